The fraction of sp³-hybridized carbons (Fsp3) is 0.250. The number of nitrogens with zero attached hydrogens (tertiary/aromatic N) is 2. The van der Waals surface area contributed by atoms with Gasteiger partial charge in [0.1, 0.15) is 17.4 Å². The first-order valence-corrected chi connectivity index (χ1v) is 10.1. The SMILES string of the molecule is O=C(Cc1c[nH]c2ccccc12)N1CCC(Oc2cccc3cccnc23)CC1. The third kappa shape index (κ3) is 3.56. The summed E-state index contributed by atoms with van der Waals surface area (Å²) in [7, 11) is 0. The Bertz CT molecular complexity index is 1150. The number of rotatable bonds is 4. The molecule has 4 aromatic rings. The molecule has 0 radical (unpaired) electrons. The quantitative estimate of drug-likeness (QED) is 0.569. The standard InChI is InChI=1S/C24H23N3O2/c28-23(15-18-16-26-21-8-2-1-7-20(18)21)27-13-10-19(11-14-27)29-22-9-3-5-17-6-4-12-25-24(17)22/h1-9,12,16,19,26H,10-11,13-15H2. The van der Waals surface area contributed by atoms with Gasteiger partial charge in [-0.25, -0.2) is 0 Å². The third-order valence-corrected chi connectivity index (χ3v) is 5.70. The molecule has 29 heavy (non-hydrogen) atoms. The molecule has 1 aliphatic heterocycles. The number of piperidine rings is 1. The number of aromatic amines is 1. The first-order chi connectivity index (χ1) is 14.3. The van der Waals surface area contributed by atoms with E-state index in [1.54, 1.807) is 6.20 Å². The van der Waals surface area contributed by atoms with E-state index in [4.69, 9.17) is 4.74 Å². The smallest absolute Gasteiger partial charge is 0.227 e. The molecule has 5 rings (SSSR count). The number of nitrogens with one attached hydrogen (secondary N) is 1. The molecular formula is C24H23N3O2. The van der Waals surface area contributed by atoms with Gasteiger partial charge >= 0.3 is 0 Å². The molecule has 1 aliphatic rings. The molecule has 1 fully saturated rings. The lowest BCUT2D eigenvalue weighted by molar-refractivity contribution is -0.132. The van der Waals surface area contributed by atoms with Crippen LogP contribution >= 0.6 is 0 Å². The Balaban J connectivity index is 1.21. The van der Waals surface area contributed by atoms with Crippen LogP contribution in [0.4, 0.5) is 0 Å². The number of benzene rings is 2. The van der Waals surface area contributed by atoms with Crippen molar-refractivity contribution in [1.29, 1.82) is 0 Å². The lowest BCUT2D eigenvalue weighted by Crippen LogP contribution is -2.42. The normalized spacial score (nSPS) is 15.1. The Kier molecular flexibility index (Phi) is 4.64. The zero-order chi connectivity index (χ0) is 19.6. The van der Waals surface area contributed by atoms with Crippen LogP contribution in [0.15, 0.2) is 67.0 Å². The summed E-state index contributed by atoms with van der Waals surface area (Å²) in [5.41, 5.74) is 3.03. The van der Waals surface area contributed by atoms with Crippen molar-refractivity contribution in [3.8, 4) is 5.75 Å². The number of carbonyl (C=O) groups excluding carboxylic acids is 1. The van der Waals surface area contributed by atoms with Crippen LogP contribution in [0.2, 0.25) is 0 Å². The molecule has 5 heteroatoms. The summed E-state index contributed by atoms with van der Waals surface area (Å²) in [6.45, 7) is 1.45. The fourth-order valence-corrected chi connectivity index (χ4v) is 4.13. The minimum Gasteiger partial charge on any atom is -0.488 e. The Labute approximate surface area is 169 Å². The van der Waals surface area contributed by atoms with E-state index in [9.17, 15) is 4.79 Å². The van der Waals surface area contributed by atoms with Gasteiger partial charge in [0.15, 0.2) is 0 Å². The number of carbonyl (C=O) groups is 1. The van der Waals surface area contributed by atoms with Crippen molar-refractivity contribution < 1.29 is 9.53 Å². The minimum absolute atomic E-state index is 0.111. The monoisotopic (exact) mass is 385 g/mol. The third-order valence-electron chi connectivity index (χ3n) is 5.70. The summed E-state index contributed by atoms with van der Waals surface area (Å²) in [6, 6.07) is 18.1. The Morgan fingerprint density at radius 1 is 1.07 bits per heavy atom. The predicted molar refractivity (Wildman–Crippen MR) is 114 cm³/mol. The van der Waals surface area contributed by atoms with Gasteiger partial charge in [0, 0.05) is 54.6 Å². The fourth-order valence-electron chi connectivity index (χ4n) is 4.13. The zero-order valence-electron chi connectivity index (χ0n) is 16.2. The van der Waals surface area contributed by atoms with Crippen LogP contribution in [0.5, 0.6) is 5.75 Å². The Morgan fingerprint density at radius 2 is 1.90 bits per heavy atom. The molecule has 0 bridgehead atoms. The largest absolute Gasteiger partial charge is 0.488 e. The van der Waals surface area contributed by atoms with Crippen LogP contribution in [0.25, 0.3) is 21.8 Å². The average Bonchev–Trinajstić information content (AvgIpc) is 3.17. The number of para-hydroxylation sites is 2. The highest BCUT2D eigenvalue weighted by molar-refractivity contribution is 5.89. The van der Waals surface area contributed by atoms with Gasteiger partial charge in [-0.15, -0.1) is 0 Å². The highest BCUT2D eigenvalue weighted by atomic mass is 16.5. The number of likely N-dealkylation sites (tertiary alicyclic amines) is 1. The van der Waals surface area contributed by atoms with Gasteiger partial charge in [-0.05, 0) is 23.8 Å². The number of aromatic nitrogens is 2. The van der Waals surface area contributed by atoms with Crippen LogP contribution in [0.3, 0.4) is 0 Å². The van der Waals surface area contributed by atoms with Gasteiger partial charge in [-0.3, -0.25) is 9.78 Å². The van der Waals surface area contributed by atoms with Crippen molar-refractivity contribution in [3.63, 3.8) is 0 Å². The molecule has 2 aromatic heterocycles. The van der Waals surface area contributed by atoms with E-state index >= 15 is 0 Å². The lowest BCUT2D eigenvalue weighted by atomic mass is 10.1. The molecular weight excluding hydrogens is 362 g/mol. The van der Waals surface area contributed by atoms with E-state index in [0.717, 1.165) is 59.0 Å². The number of ether oxygens (including phenoxy) is 1. The van der Waals surface area contributed by atoms with E-state index in [2.05, 4.69) is 16.0 Å². The summed E-state index contributed by atoms with van der Waals surface area (Å²) in [5.74, 6) is 1.01. The Hall–Kier alpha value is -3.34. The maximum atomic E-state index is 12.8. The number of H-pyrrole nitrogens is 1. The molecule has 1 N–H and O–H groups in total. The maximum absolute atomic E-state index is 12.8. The van der Waals surface area contributed by atoms with E-state index < -0.39 is 0 Å². The molecule has 0 aliphatic carbocycles. The topological polar surface area (TPSA) is 58.2 Å². The van der Waals surface area contributed by atoms with Crippen LogP contribution in [0.1, 0.15) is 18.4 Å². The van der Waals surface area contributed by atoms with Crippen molar-refractivity contribution in [1.82, 2.24) is 14.9 Å². The van der Waals surface area contributed by atoms with Gasteiger partial charge in [-0.1, -0.05) is 36.4 Å². The average molecular weight is 385 g/mol. The minimum atomic E-state index is 0.111. The summed E-state index contributed by atoms with van der Waals surface area (Å²) >= 11 is 0. The number of amides is 1. The van der Waals surface area contributed by atoms with Gasteiger partial charge in [-0.2, -0.15) is 0 Å². The summed E-state index contributed by atoms with van der Waals surface area (Å²) in [6.07, 6.45) is 5.96. The van der Waals surface area contributed by atoms with Crippen molar-refractivity contribution >= 4 is 27.7 Å². The summed E-state index contributed by atoms with van der Waals surface area (Å²) in [4.78, 5) is 22.5. The first kappa shape index (κ1) is 17.7. The second kappa shape index (κ2) is 7.59. The molecule has 5 nitrogen and oxygen atoms in total. The Morgan fingerprint density at radius 3 is 2.79 bits per heavy atom. The van der Waals surface area contributed by atoms with Crippen molar-refractivity contribution in [2.24, 2.45) is 0 Å². The van der Waals surface area contributed by atoms with E-state index in [-0.39, 0.29) is 12.0 Å². The highest BCUT2D eigenvalue weighted by Gasteiger charge is 2.25. The summed E-state index contributed by atoms with van der Waals surface area (Å²) in [5, 5.41) is 2.21. The van der Waals surface area contributed by atoms with Crippen molar-refractivity contribution in [2.45, 2.75) is 25.4 Å². The summed E-state index contributed by atoms with van der Waals surface area (Å²) < 4.78 is 6.25. The molecule has 0 spiro atoms. The number of fused-ring (bicyclic) bond motifs is 2. The van der Waals surface area contributed by atoms with Crippen molar-refractivity contribution in [3.05, 3.63) is 72.6 Å². The molecule has 3 heterocycles. The van der Waals surface area contributed by atoms with E-state index in [0.29, 0.717) is 6.42 Å². The predicted octanol–water partition coefficient (Wildman–Crippen LogP) is 4.33. The molecule has 0 saturated carbocycles. The van der Waals surface area contributed by atoms with Gasteiger partial charge < -0.3 is 14.6 Å². The molecule has 0 atom stereocenters. The molecule has 2 aromatic carbocycles. The lowest BCUT2D eigenvalue weighted by Gasteiger charge is -2.32. The van der Waals surface area contributed by atoms with Crippen LogP contribution < -0.4 is 4.74 Å². The second-order valence-electron chi connectivity index (χ2n) is 7.57. The number of pyridine rings is 1. The number of hydrogen-bond donors (Lipinski definition) is 1. The van der Waals surface area contributed by atoms with Crippen LogP contribution in [0, 0.1) is 0 Å². The van der Waals surface area contributed by atoms with Crippen molar-refractivity contribution in [2.75, 3.05) is 13.1 Å². The van der Waals surface area contributed by atoms with Crippen LogP contribution in [-0.2, 0) is 11.2 Å². The van der Waals surface area contributed by atoms with Gasteiger partial charge in [0.25, 0.3) is 0 Å². The molecule has 1 amide bonds. The molecule has 146 valence electrons. The first-order valence-electron chi connectivity index (χ1n) is 10.1. The van der Waals surface area contributed by atoms with Gasteiger partial charge in [0.05, 0.1) is 6.42 Å². The maximum Gasteiger partial charge on any atom is 0.227 e. The van der Waals surface area contributed by atoms with E-state index in [1.807, 2.05) is 59.6 Å². The van der Waals surface area contributed by atoms with Crippen LogP contribution in [-0.4, -0.2) is 40.0 Å². The zero-order valence-corrected chi connectivity index (χ0v) is 16.2. The van der Waals surface area contributed by atoms with Gasteiger partial charge in [0.2, 0.25) is 5.91 Å². The second-order valence-corrected chi connectivity index (χ2v) is 7.57. The molecule has 1 saturated heterocycles. The highest BCUT2D eigenvalue weighted by Crippen LogP contribution is 2.27. The number of hydrogen-bond acceptors (Lipinski definition) is 3. The molecule has 0 unspecified atom stereocenters. The van der Waals surface area contributed by atoms with E-state index in [1.165, 1.54) is 0 Å².